The Bertz CT molecular complexity index is 391. The molecule has 0 aromatic heterocycles. The highest BCUT2D eigenvalue weighted by Crippen LogP contribution is 2.45. The van der Waals surface area contributed by atoms with E-state index in [9.17, 15) is 9.59 Å². The Balaban J connectivity index is 2.59. The van der Waals surface area contributed by atoms with E-state index in [1.54, 1.807) is 6.07 Å². The summed E-state index contributed by atoms with van der Waals surface area (Å²) in [6.45, 7) is 8.59. The van der Waals surface area contributed by atoms with Crippen molar-refractivity contribution in [3.05, 3.63) is 0 Å². The molecule has 0 unspecified atom stereocenters. The summed E-state index contributed by atoms with van der Waals surface area (Å²) in [4.78, 5) is 23.1. The largest absolute Gasteiger partial charge is 0.345 e. The quantitative estimate of drug-likeness (QED) is 0.584. The van der Waals surface area contributed by atoms with E-state index in [1.165, 1.54) is 0 Å². The molecule has 0 heterocycles. The van der Waals surface area contributed by atoms with Gasteiger partial charge in [0.25, 0.3) is 0 Å². The highest BCUT2D eigenvalue weighted by molar-refractivity contribution is 6.35. The van der Waals surface area contributed by atoms with Gasteiger partial charge in [0.2, 0.25) is 0 Å². The lowest BCUT2D eigenvalue weighted by atomic mass is 9.63. The average molecular weight is 265 g/mol. The standard InChI is InChI=1S/C14H23N3O2/c1-13(2)7-10(8-14(3,4)9-13)17-12(19)11(18)16-6-5-15/h10H,6-9H2,1-4H3,(H,16,18)(H,17,19). The van der Waals surface area contributed by atoms with Crippen molar-refractivity contribution in [2.75, 3.05) is 6.54 Å². The van der Waals surface area contributed by atoms with Crippen LogP contribution in [0.1, 0.15) is 47.0 Å². The topological polar surface area (TPSA) is 82.0 Å². The lowest BCUT2D eigenvalue weighted by Crippen LogP contribution is -2.50. The number of nitrogens with one attached hydrogen (secondary N) is 2. The summed E-state index contributed by atoms with van der Waals surface area (Å²) >= 11 is 0. The zero-order chi connectivity index (χ0) is 14.7. The molecule has 1 saturated carbocycles. The van der Waals surface area contributed by atoms with Crippen molar-refractivity contribution >= 4 is 11.8 Å². The SMILES string of the molecule is CC1(C)CC(NC(=O)C(=O)NCC#N)CC(C)(C)C1. The van der Waals surface area contributed by atoms with Crippen molar-refractivity contribution in [3.63, 3.8) is 0 Å². The van der Waals surface area contributed by atoms with Gasteiger partial charge in [-0.05, 0) is 30.1 Å². The van der Waals surface area contributed by atoms with E-state index in [4.69, 9.17) is 5.26 Å². The van der Waals surface area contributed by atoms with Crippen LogP contribution in [0, 0.1) is 22.2 Å². The van der Waals surface area contributed by atoms with E-state index in [0.717, 1.165) is 19.3 Å². The normalized spacial score (nSPS) is 21.2. The zero-order valence-electron chi connectivity index (χ0n) is 12.2. The second kappa shape index (κ2) is 5.60. The molecule has 0 aliphatic heterocycles. The zero-order valence-corrected chi connectivity index (χ0v) is 12.2. The summed E-state index contributed by atoms with van der Waals surface area (Å²) in [6.07, 6.45) is 2.84. The van der Waals surface area contributed by atoms with Crippen LogP contribution in [0.2, 0.25) is 0 Å². The highest BCUT2D eigenvalue weighted by atomic mass is 16.2. The third kappa shape index (κ3) is 4.90. The Hall–Kier alpha value is -1.57. The first-order valence-corrected chi connectivity index (χ1v) is 6.61. The van der Waals surface area contributed by atoms with Gasteiger partial charge in [0.15, 0.2) is 0 Å². The number of hydrogen-bond acceptors (Lipinski definition) is 3. The molecule has 0 bridgehead atoms. The summed E-state index contributed by atoms with van der Waals surface area (Å²) in [7, 11) is 0. The lowest BCUT2D eigenvalue weighted by molar-refractivity contribution is -0.140. The van der Waals surface area contributed by atoms with Gasteiger partial charge in [-0.15, -0.1) is 0 Å². The van der Waals surface area contributed by atoms with Crippen LogP contribution in [0.3, 0.4) is 0 Å². The fourth-order valence-corrected chi connectivity index (χ4v) is 3.40. The third-order valence-electron chi connectivity index (χ3n) is 3.42. The van der Waals surface area contributed by atoms with E-state index in [0.29, 0.717) is 0 Å². The predicted octanol–water partition coefficient (Wildman–Crippen LogP) is 1.35. The van der Waals surface area contributed by atoms with Crippen molar-refractivity contribution in [2.45, 2.75) is 53.0 Å². The molecule has 1 rings (SSSR count). The first-order valence-electron chi connectivity index (χ1n) is 6.61. The molecule has 0 aromatic rings. The molecule has 1 aliphatic carbocycles. The van der Waals surface area contributed by atoms with Crippen LogP contribution in [-0.2, 0) is 9.59 Å². The molecule has 0 saturated heterocycles. The van der Waals surface area contributed by atoms with Gasteiger partial charge in [0.1, 0.15) is 6.54 Å². The Morgan fingerprint density at radius 2 is 1.68 bits per heavy atom. The van der Waals surface area contributed by atoms with Crippen LogP contribution in [0.25, 0.3) is 0 Å². The van der Waals surface area contributed by atoms with Crippen LogP contribution in [0.4, 0.5) is 0 Å². The molecule has 0 spiro atoms. The van der Waals surface area contributed by atoms with E-state index in [2.05, 4.69) is 38.3 Å². The van der Waals surface area contributed by atoms with Gasteiger partial charge in [-0.2, -0.15) is 5.26 Å². The Labute approximate surface area is 114 Å². The maximum Gasteiger partial charge on any atom is 0.310 e. The molecular weight excluding hydrogens is 242 g/mol. The number of carbonyl (C=O) groups is 2. The third-order valence-corrected chi connectivity index (χ3v) is 3.42. The van der Waals surface area contributed by atoms with Crippen LogP contribution >= 0.6 is 0 Å². The van der Waals surface area contributed by atoms with Crippen LogP contribution in [0.5, 0.6) is 0 Å². The Kier molecular flexibility index (Phi) is 4.56. The Morgan fingerprint density at radius 1 is 1.16 bits per heavy atom. The molecule has 0 radical (unpaired) electrons. The minimum absolute atomic E-state index is 0.0130. The summed E-state index contributed by atoms with van der Waals surface area (Å²) < 4.78 is 0. The first-order chi connectivity index (χ1) is 8.65. The van der Waals surface area contributed by atoms with E-state index < -0.39 is 11.8 Å². The van der Waals surface area contributed by atoms with Gasteiger partial charge in [0.05, 0.1) is 6.07 Å². The number of hydrogen-bond donors (Lipinski definition) is 2. The molecule has 5 nitrogen and oxygen atoms in total. The van der Waals surface area contributed by atoms with Gasteiger partial charge >= 0.3 is 11.8 Å². The number of nitrogens with zero attached hydrogens (tertiary/aromatic N) is 1. The second-order valence-corrected chi connectivity index (χ2v) is 6.92. The van der Waals surface area contributed by atoms with Crippen molar-refractivity contribution in [1.29, 1.82) is 5.26 Å². The van der Waals surface area contributed by atoms with Gasteiger partial charge in [-0.1, -0.05) is 27.7 Å². The molecule has 1 aliphatic rings. The highest BCUT2D eigenvalue weighted by Gasteiger charge is 2.39. The maximum absolute atomic E-state index is 11.7. The van der Waals surface area contributed by atoms with Gasteiger partial charge < -0.3 is 10.6 Å². The monoisotopic (exact) mass is 265 g/mol. The summed E-state index contributed by atoms with van der Waals surface area (Å²) in [5, 5.41) is 13.4. The number of nitriles is 1. The minimum atomic E-state index is -0.734. The summed E-state index contributed by atoms with van der Waals surface area (Å²) in [5.74, 6) is -1.38. The van der Waals surface area contributed by atoms with Crippen molar-refractivity contribution in [2.24, 2.45) is 10.8 Å². The molecule has 106 valence electrons. The fraction of sp³-hybridized carbons (Fsp3) is 0.786. The van der Waals surface area contributed by atoms with Crippen LogP contribution < -0.4 is 10.6 Å². The van der Waals surface area contributed by atoms with Gasteiger partial charge in [-0.3, -0.25) is 9.59 Å². The van der Waals surface area contributed by atoms with E-state index in [1.807, 2.05) is 0 Å². The number of carbonyl (C=O) groups excluding carboxylic acids is 2. The van der Waals surface area contributed by atoms with E-state index in [-0.39, 0.29) is 23.4 Å². The number of amides is 2. The second-order valence-electron chi connectivity index (χ2n) is 6.92. The fourth-order valence-electron chi connectivity index (χ4n) is 3.40. The van der Waals surface area contributed by atoms with Gasteiger partial charge in [0, 0.05) is 6.04 Å². The molecule has 19 heavy (non-hydrogen) atoms. The molecular formula is C14H23N3O2. The van der Waals surface area contributed by atoms with Crippen molar-refractivity contribution in [1.82, 2.24) is 10.6 Å². The first kappa shape index (κ1) is 15.5. The number of rotatable bonds is 2. The molecule has 1 fully saturated rings. The van der Waals surface area contributed by atoms with Crippen LogP contribution in [-0.4, -0.2) is 24.4 Å². The summed E-state index contributed by atoms with van der Waals surface area (Å²) in [6, 6.07) is 1.78. The molecule has 2 N–H and O–H groups in total. The Morgan fingerprint density at radius 3 is 2.16 bits per heavy atom. The predicted molar refractivity (Wildman–Crippen MR) is 72.0 cm³/mol. The average Bonchev–Trinajstić information content (AvgIpc) is 2.20. The molecule has 0 aromatic carbocycles. The molecule has 2 amide bonds. The molecule has 5 heteroatoms. The summed E-state index contributed by atoms with van der Waals surface area (Å²) in [5.41, 5.74) is 0.311. The van der Waals surface area contributed by atoms with Gasteiger partial charge in [-0.25, -0.2) is 0 Å². The minimum Gasteiger partial charge on any atom is -0.345 e. The smallest absolute Gasteiger partial charge is 0.310 e. The van der Waals surface area contributed by atoms with E-state index >= 15 is 0 Å². The molecule has 0 atom stereocenters. The van der Waals surface area contributed by atoms with Crippen molar-refractivity contribution in [3.8, 4) is 6.07 Å². The maximum atomic E-state index is 11.7. The lowest BCUT2D eigenvalue weighted by Gasteiger charge is -2.45. The van der Waals surface area contributed by atoms with Crippen LogP contribution in [0.15, 0.2) is 0 Å². The van der Waals surface area contributed by atoms with Crippen molar-refractivity contribution < 1.29 is 9.59 Å².